The van der Waals surface area contributed by atoms with Crippen molar-refractivity contribution in [3.8, 4) is 0 Å². The normalized spacial score (nSPS) is 17.7. The Morgan fingerprint density at radius 2 is 1.85 bits per heavy atom. The van der Waals surface area contributed by atoms with E-state index in [9.17, 15) is 9.59 Å². The summed E-state index contributed by atoms with van der Waals surface area (Å²) in [4.78, 5) is 31.0. The number of likely N-dealkylation sites (tertiary alicyclic amines) is 1. The van der Waals surface area contributed by atoms with Gasteiger partial charge in [-0.1, -0.05) is 18.2 Å². The molecule has 2 aliphatic rings. The Morgan fingerprint density at radius 1 is 1.11 bits per heavy atom. The molecular formula is C21H25N3O2S. The van der Waals surface area contributed by atoms with Crippen molar-refractivity contribution in [2.24, 2.45) is 5.92 Å². The van der Waals surface area contributed by atoms with Crippen LogP contribution in [0, 0.1) is 5.92 Å². The van der Waals surface area contributed by atoms with E-state index in [2.05, 4.69) is 10.7 Å². The number of carbonyl (C=O) groups is 2. The third-order valence-electron chi connectivity index (χ3n) is 5.35. The summed E-state index contributed by atoms with van der Waals surface area (Å²) in [6.07, 6.45) is 4.80. The maximum atomic E-state index is 12.6. The minimum absolute atomic E-state index is 0.125. The lowest BCUT2D eigenvalue weighted by Crippen LogP contribution is -2.37. The monoisotopic (exact) mass is 383 g/mol. The number of hydrogen-bond acceptors (Lipinski definition) is 4. The molecule has 1 N–H and O–H groups in total. The van der Waals surface area contributed by atoms with Crippen molar-refractivity contribution in [3.05, 3.63) is 52.0 Å². The topological polar surface area (TPSA) is 62.3 Å². The lowest BCUT2D eigenvalue weighted by atomic mass is 9.97. The van der Waals surface area contributed by atoms with E-state index in [0.717, 1.165) is 56.5 Å². The Hall–Kier alpha value is -2.21. The highest BCUT2D eigenvalue weighted by Gasteiger charge is 2.29. The quantitative estimate of drug-likeness (QED) is 0.833. The van der Waals surface area contributed by atoms with Crippen LogP contribution in [0.25, 0.3) is 0 Å². The molecule has 27 heavy (non-hydrogen) atoms. The van der Waals surface area contributed by atoms with Gasteiger partial charge in [-0.15, -0.1) is 11.3 Å². The molecule has 4 rings (SSSR count). The molecule has 2 heterocycles. The summed E-state index contributed by atoms with van der Waals surface area (Å²) in [5, 5.41) is 6.28. The maximum Gasteiger partial charge on any atom is 0.253 e. The highest BCUT2D eigenvalue weighted by Crippen LogP contribution is 2.31. The van der Waals surface area contributed by atoms with Crippen LogP contribution in [0.5, 0.6) is 0 Å². The van der Waals surface area contributed by atoms with Crippen molar-refractivity contribution >= 4 is 23.2 Å². The first kappa shape index (κ1) is 18.2. The third kappa shape index (κ3) is 4.56. The molecule has 0 atom stereocenters. The summed E-state index contributed by atoms with van der Waals surface area (Å²) >= 11 is 1.71. The van der Waals surface area contributed by atoms with Gasteiger partial charge in [-0.2, -0.15) is 0 Å². The Labute approximate surface area is 163 Å². The lowest BCUT2D eigenvalue weighted by Gasteiger charge is -2.31. The van der Waals surface area contributed by atoms with Gasteiger partial charge in [0.05, 0.1) is 10.7 Å². The van der Waals surface area contributed by atoms with Gasteiger partial charge < -0.3 is 10.2 Å². The fourth-order valence-corrected chi connectivity index (χ4v) is 4.55. The number of hydrogen-bond donors (Lipinski definition) is 1. The molecule has 6 heteroatoms. The van der Waals surface area contributed by atoms with Gasteiger partial charge in [-0.05, 0) is 37.8 Å². The van der Waals surface area contributed by atoms with E-state index < -0.39 is 0 Å². The highest BCUT2D eigenvalue weighted by molar-refractivity contribution is 7.09. The number of piperidine rings is 1. The average molecular weight is 384 g/mol. The predicted octanol–water partition coefficient (Wildman–Crippen LogP) is 3.23. The zero-order chi connectivity index (χ0) is 18.6. The standard InChI is InChI=1S/C21H25N3O2S/c25-19(15-6-7-15)22-11-8-18-14-27-20(23-18)16-9-12-24(13-10-16)21(26)17-4-2-1-3-5-17/h1-5,14-16H,6-13H2,(H,22,25). The van der Waals surface area contributed by atoms with Gasteiger partial charge in [0.2, 0.25) is 5.91 Å². The van der Waals surface area contributed by atoms with Gasteiger partial charge in [0, 0.05) is 48.8 Å². The maximum absolute atomic E-state index is 12.6. The molecule has 2 amide bonds. The molecule has 1 saturated carbocycles. The van der Waals surface area contributed by atoms with Gasteiger partial charge in [0.1, 0.15) is 0 Å². The van der Waals surface area contributed by atoms with Gasteiger partial charge >= 0.3 is 0 Å². The zero-order valence-electron chi connectivity index (χ0n) is 15.4. The van der Waals surface area contributed by atoms with E-state index in [1.165, 1.54) is 5.01 Å². The average Bonchev–Trinajstić information content (AvgIpc) is 3.47. The van der Waals surface area contributed by atoms with E-state index in [4.69, 9.17) is 4.98 Å². The summed E-state index contributed by atoms with van der Waals surface area (Å²) in [7, 11) is 0. The predicted molar refractivity (Wildman–Crippen MR) is 106 cm³/mol. The van der Waals surface area contributed by atoms with Crippen molar-refractivity contribution in [2.45, 2.75) is 38.0 Å². The van der Waals surface area contributed by atoms with Crippen LogP contribution < -0.4 is 5.32 Å². The molecule has 0 radical (unpaired) electrons. The number of aromatic nitrogens is 1. The van der Waals surface area contributed by atoms with E-state index in [1.54, 1.807) is 11.3 Å². The minimum Gasteiger partial charge on any atom is -0.355 e. The molecule has 2 aromatic rings. The van der Waals surface area contributed by atoms with Crippen LogP contribution >= 0.6 is 11.3 Å². The fraction of sp³-hybridized carbons (Fsp3) is 0.476. The second-order valence-corrected chi connectivity index (χ2v) is 8.31. The van der Waals surface area contributed by atoms with Crippen LogP contribution in [0.2, 0.25) is 0 Å². The third-order valence-corrected chi connectivity index (χ3v) is 6.41. The summed E-state index contributed by atoms with van der Waals surface area (Å²) in [5.74, 6) is 1.02. The first-order valence-corrected chi connectivity index (χ1v) is 10.6. The number of amides is 2. The summed E-state index contributed by atoms with van der Waals surface area (Å²) < 4.78 is 0. The van der Waals surface area contributed by atoms with Crippen LogP contribution in [0.3, 0.4) is 0 Å². The van der Waals surface area contributed by atoms with Crippen LogP contribution in [0.15, 0.2) is 35.7 Å². The summed E-state index contributed by atoms with van der Waals surface area (Å²) in [6.45, 7) is 2.23. The molecule has 1 saturated heterocycles. The van der Waals surface area contributed by atoms with E-state index in [0.29, 0.717) is 12.5 Å². The molecular weight excluding hydrogens is 358 g/mol. The summed E-state index contributed by atoms with van der Waals surface area (Å²) in [6, 6.07) is 9.50. The lowest BCUT2D eigenvalue weighted by molar-refractivity contribution is -0.122. The van der Waals surface area contributed by atoms with E-state index >= 15 is 0 Å². The van der Waals surface area contributed by atoms with Crippen LogP contribution in [-0.4, -0.2) is 41.3 Å². The fourth-order valence-electron chi connectivity index (χ4n) is 3.52. The van der Waals surface area contributed by atoms with Crippen molar-refractivity contribution in [1.82, 2.24) is 15.2 Å². The Balaban J connectivity index is 1.25. The van der Waals surface area contributed by atoms with Crippen molar-refractivity contribution < 1.29 is 9.59 Å². The molecule has 0 unspecified atom stereocenters. The van der Waals surface area contributed by atoms with E-state index in [1.807, 2.05) is 35.2 Å². The van der Waals surface area contributed by atoms with Gasteiger partial charge in [0.15, 0.2) is 0 Å². The molecule has 5 nitrogen and oxygen atoms in total. The SMILES string of the molecule is O=C(NCCc1csc(C2CCN(C(=O)c3ccccc3)CC2)n1)C1CC1. The first-order valence-electron chi connectivity index (χ1n) is 9.77. The zero-order valence-corrected chi connectivity index (χ0v) is 16.2. The summed E-state index contributed by atoms with van der Waals surface area (Å²) in [5.41, 5.74) is 1.83. The number of carbonyl (C=O) groups excluding carboxylic acids is 2. The Kier molecular flexibility index (Phi) is 5.53. The van der Waals surface area contributed by atoms with Crippen molar-refractivity contribution in [3.63, 3.8) is 0 Å². The molecule has 0 bridgehead atoms. The Bertz CT molecular complexity index is 793. The van der Waals surface area contributed by atoms with Crippen LogP contribution in [0.1, 0.15) is 52.7 Å². The minimum atomic E-state index is 0.125. The van der Waals surface area contributed by atoms with Crippen molar-refractivity contribution in [2.75, 3.05) is 19.6 Å². The van der Waals surface area contributed by atoms with Gasteiger partial charge in [-0.25, -0.2) is 4.98 Å². The molecule has 1 aliphatic heterocycles. The molecule has 0 spiro atoms. The van der Waals surface area contributed by atoms with Gasteiger partial charge in [-0.3, -0.25) is 9.59 Å². The molecule has 1 aromatic heterocycles. The number of nitrogens with zero attached hydrogens (tertiary/aromatic N) is 2. The van der Waals surface area contributed by atoms with Crippen LogP contribution in [-0.2, 0) is 11.2 Å². The second kappa shape index (κ2) is 8.21. The molecule has 142 valence electrons. The Morgan fingerprint density at radius 3 is 2.56 bits per heavy atom. The largest absolute Gasteiger partial charge is 0.355 e. The highest BCUT2D eigenvalue weighted by atomic mass is 32.1. The van der Waals surface area contributed by atoms with E-state index in [-0.39, 0.29) is 17.7 Å². The first-order chi connectivity index (χ1) is 13.2. The number of thiazole rings is 1. The molecule has 1 aromatic carbocycles. The smallest absolute Gasteiger partial charge is 0.253 e. The van der Waals surface area contributed by atoms with Crippen molar-refractivity contribution in [1.29, 1.82) is 0 Å². The molecule has 1 aliphatic carbocycles. The van der Waals surface area contributed by atoms with Crippen LogP contribution in [0.4, 0.5) is 0 Å². The second-order valence-electron chi connectivity index (χ2n) is 7.42. The number of benzene rings is 1. The number of rotatable bonds is 6. The number of nitrogens with one attached hydrogen (secondary N) is 1. The molecule has 2 fully saturated rings. The van der Waals surface area contributed by atoms with Gasteiger partial charge in [0.25, 0.3) is 5.91 Å².